The molecule has 2 atom stereocenters. The standard InChI is InChI=1S/C12H19N5OS/c1-7-11(19-16-13-7)6-17(2)12(18)10-5-9(14-15-10)8-3-4-8/h8-10,14-15H,3-6H2,1-2H3. The van der Waals surface area contributed by atoms with Crippen LogP contribution in [0.3, 0.4) is 0 Å². The highest BCUT2D eigenvalue weighted by Gasteiger charge is 2.39. The topological polar surface area (TPSA) is 70.2 Å². The van der Waals surface area contributed by atoms with E-state index in [0.717, 1.165) is 22.9 Å². The summed E-state index contributed by atoms with van der Waals surface area (Å²) >= 11 is 1.36. The van der Waals surface area contributed by atoms with E-state index in [1.54, 1.807) is 4.90 Å². The fourth-order valence-corrected chi connectivity index (χ4v) is 3.19. The van der Waals surface area contributed by atoms with Gasteiger partial charge in [0, 0.05) is 13.1 Å². The Bertz CT molecular complexity index is 472. The minimum Gasteiger partial charge on any atom is -0.339 e. The maximum Gasteiger partial charge on any atom is 0.241 e. The normalized spacial score (nSPS) is 26.6. The van der Waals surface area contributed by atoms with Crippen LogP contribution < -0.4 is 10.9 Å². The van der Waals surface area contributed by atoms with Crippen molar-refractivity contribution in [3.63, 3.8) is 0 Å². The second kappa shape index (κ2) is 5.15. The predicted octanol–water partition coefficient (Wildman–Crippen LogP) is 0.450. The molecular weight excluding hydrogens is 262 g/mol. The lowest BCUT2D eigenvalue weighted by molar-refractivity contribution is -0.132. The van der Waals surface area contributed by atoms with E-state index in [0.29, 0.717) is 12.6 Å². The van der Waals surface area contributed by atoms with Crippen molar-refractivity contribution < 1.29 is 4.79 Å². The third-order valence-electron chi connectivity index (χ3n) is 3.92. The molecule has 1 aliphatic heterocycles. The zero-order chi connectivity index (χ0) is 13.4. The van der Waals surface area contributed by atoms with Gasteiger partial charge < -0.3 is 4.90 Å². The van der Waals surface area contributed by atoms with Crippen LogP contribution in [-0.4, -0.2) is 39.5 Å². The number of likely N-dealkylation sites (N-methyl/N-ethyl adjacent to an activating group) is 1. The van der Waals surface area contributed by atoms with Crippen molar-refractivity contribution in [2.75, 3.05) is 7.05 Å². The molecule has 2 unspecified atom stereocenters. The summed E-state index contributed by atoms with van der Waals surface area (Å²) in [5, 5.41) is 3.97. The van der Waals surface area contributed by atoms with Gasteiger partial charge in [0.1, 0.15) is 6.04 Å². The van der Waals surface area contributed by atoms with Gasteiger partial charge in [-0.15, -0.1) is 5.10 Å². The first-order chi connectivity index (χ1) is 9.15. The number of rotatable bonds is 4. The van der Waals surface area contributed by atoms with Crippen LogP contribution in [0.15, 0.2) is 0 Å². The number of nitrogens with zero attached hydrogens (tertiary/aromatic N) is 3. The van der Waals surface area contributed by atoms with Gasteiger partial charge in [-0.3, -0.25) is 10.2 Å². The average Bonchev–Trinajstić information content (AvgIpc) is 3.00. The van der Waals surface area contributed by atoms with Crippen molar-refractivity contribution in [2.45, 2.75) is 44.8 Å². The maximum atomic E-state index is 12.4. The molecule has 2 heterocycles. The van der Waals surface area contributed by atoms with Gasteiger partial charge in [0.15, 0.2) is 0 Å². The summed E-state index contributed by atoms with van der Waals surface area (Å²) in [5.41, 5.74) is 7.30. The van der Waals surface area contributed by atoms with Crippen molar-refractivity contribution in [2.24, 2.45) is 5.92 Å². The van der Waals surface area contributed by atoms with E-state index in [1.807, 2.05) is 14.0 Å². The van der Waals surface area contributed by atoms with Crippen molar-refractivity contribution in [3.05, 3.63) is 10.6 Å². The molecule has 1 saturated heterocycles. The molecule has 0 radical (unpaired) electrons. The van der Waals surface area contributed by atoms with E-state index in [9.17, 15) is 4.79 Å². The van der Waals surface area contributed by atoms with Crippen molar-refractivity contribution in [3.8, 4) is 0 Å². The smallest absolute Gasteiger partial charge is 0.241 e. The van der Waals surface area contributed by atoms with E-state index in [2.05, 4.69) is 20.4 Å². The van der Waals surface area contributed by atoms with Crippen LogP contribution in [0.25, 0.3) is 0 Å². The first kappa shape index (κ1) is 13.0. The molecule has 104 valence electrons. The summed E-state index contributed by atoms with van der Waals surface area (Å²) in [7, 11) is 1.84. The van der Waals surface area contributed by atoms with Crippen LogP contribution in [0, 0.1) is 12.8 Å². The van der Waals surface area contributed by atoms with E-state index in [-0.39, 0.29) is 11.9 Å². The van der Waals surface area contributed by atoms with Crippen LogP contribution >= 0.6 is 11.5 Å². The summed E-state index contributed by atoms with van der Waals surface area (Å²) in [6, 6.07) is 0.367. The summed E-state index contributed by atoms with van der Waals surface area (Å²) in [5.74, 6) is 0.909. The van der Waals surface area contributed by atoms with Gasteiger partial charge in [-0.1, -0.05) is 4.49 Å². The monoisotopic (exact) mass is 281 g/mol. The number of carbonyl (C=O) groups is 1. The Morgan fingerprint density at radius 3 is 2.89 bits per heavy atom. The van der Waals surface area contributed by atoms with Gasteiger partial charge in [0.05, 0.1) is 17.1 Å². The molecule has 1 amide bonds. The fraction of sp³-hybridized carbons (Fsp3) is 0.750. The van der Waals surface area contributed by atoms with Crippen molar-refractivity contribution >= 4 is 17.4 Å². The lowest BCUT2D eigenvalue weighted by Crippen LogP contribution is -2.44. The van der Waals surface area contributed by atoms with Gasteiger partial charge in [-0.2, -0.15) is 0 Å². The van der Waals surface area contributed by atoms with E-state index >= 15 is 0 Å². The molecule has 19 heavy (non-hydrogen) atoms. The zero-order valence-electron chi connectivity index (χ0n) is 11.2. The molecule has 1 aromatic heterocycles. The Morgan fingerprint density at radius 1 is 1.47 bits per heavy atom. The molecule has 0 spiro atoms. The molecule has 1 aliphatic carbocycles. The number of hydrogen-bond acceptors (Lipinski definition) is 6. The number of carbonyl (C=O) groups excluding carboxylic acids is 1. The van der Waals surface area contributed by atoms with Crippen LogP contribution in [0.2, 0.25) is 0 Å². The summed E-state index contributed by atoms with van der Waals surface area (Å²) in [6.07, 6.45) is 3.48. The third-order valence-corrected chi connectivity index (χ3v) is 4.73. The third kappa shape index (κ3) is 2.77. The Kier molecular flexibility index (Phi) is 3.51. The zero-order valence-corrected chi connectivity index (χ0v) is 12.0. The van der Waals surface area contributed by atoms with Gasteiger partial charge in [-0.25, -0.2) is 5.43 Å². The van der Waals surface area contributed by atoms with Crippen LogP contribution in [-0.2, 0) is 11.3 Å². The van der Waals surface area contributed by atoms with Gasteiger partial charge in [-0.05, 0) is 43.6 Å². The maximum absolute atomic E-state index is 12.4. The molecule has 2 N–H and O–H groups in total. The van der Waals surface area contributed by atoms with Crippen LogP contribution in [0.5, 0.6) is 0 Å². The first-order valence-electron chi connectivity index (χ1n) is 6.69. The highest BCUT2D eigenvalue weighted by molar-refractivity contribution is 7.05. The number of hydrogen-bond donors (Lipinski definition) is 2. The quantitative estimate of drug-likeness (QED) is 0.838. The summed E-state index contributed by atoms with van der Waals surface area (Å²) < 4.78 is 3.90. The Morgan fingerprint density at radius 2 is 2.26 bits per heavy atom. The fourth-order valence-electron chi connectivity index (χ4n) is 2.51. The second-order valence-electron chi connectivity index (χ2n) is 5.50. The van der Waals surface area contributed by atoms with Gasteiger partial charge in [0.2, 0.25) is 5.91 Å². The number of amides is 1. The lowest BCUT2D eigenvalue weighted by Gasteiger charge is -2.20. The highest BCUT2D eigenvalue weighted by Crippen LogP contribution is 2.35. The molecule has 1 aromatic rings. The molecule has 3 rings (SSSR count). The van der Waals surface area contributed by atoms with Gasteiger partial charge >= 0.3 is 0 Å². The molecular formula is C12H19N5OS. The molecule has 2 fully saturated rings. The molecule has 7 heteroatoms. The minimum absolute atomic E-state index is 0.100. The van der Waals surface area contributed by atoms with Crippen LogP contribution in [0.4, 0.5) is 0 Å². The van der Waals surface area contributed by atoms with Crippen molar-refractivity contribution in [1.82, 2.24) is 25.3 Å². The van der Waals surface area contributed by atoms with Crippen molar-refractivity contribution in [1.29, 1.82) is 0 Å². The van der Waals surface area contributed by atoms with Gasteiger partial charge in [0.25, 0.3) is 0 Å². The lowest BCUT2D eigenvalue weighted by atomic mass is 10.1. The predicted molar refractivity (Wildman–Crippen MR) is 72.3 cm³/mol. The highest BCUT2D eigenvalue weighted by atomic mass is 32.1. The van der Waals surface area contributed by atoms with E-state index in [4.69, 9.17) is 0 Å². The SMILES string of the molecule is Cc1nnsc1CN(C)C(=O)C1CC(C2CC2)NN1. The average molecular weight is 281 g/mol. The molecule has 0 bridgehead atoms. The number of nitrogens with one attached hydrogen (secondary N) is 2. The van der Waals surface area contributed by atoms with E-state index < -0.39 is 0 Å². The molecule has 1 saturated carbocycles. The number of aromatic nitrogens is 2. The Balaban J connectivity index is 1.56. The number of aryl methyl sites for hydroxylation is 1. The number of hydrazine groups is 1. The Hall–Kier alpha value is -1.05. The summed E-state index contributed by atoms with van der Waals surface area (Å²) in [4.78, 5) is 15.2. The summed E-state index contributed by atoms with van der Waals surface area (Å²) in [6.45, 7) is 2.52. The molecule has 0 aromatic carbocycles. The second-order valence-corrected chi connectivity index (χ2v) is 6.34. The molecule has 2 aliphatic rings. The van der Waals surface area contributed by atoms with E-state index in [1.165, 1.54) is 24.4 Å². The molecule has 6 nitrogen and oxygen atoms in total. The largest absolute Gasteiger partial charge is 0.339 e. The van der Waals surface area contributed by atoms with Crippen LogP contribution in [0.1, 0.15) is 29.8 Å². The first-order valence-corrected chi connectivity index (χ1v) is 7.46. The Labute approximate surface area is 116 Å². The minimum atomic E-state index is -0.100.